The Morgan fingerprint density at radius 1 is 0.783 bits per heavy atom. The number of ether oxygens (including phenoxy) is 1. The summed E-state index contributed by atoms with van der Waals surface area (Å²) in [5.74, 6) is -0.0362. The van der Waals surface area contributed by atoms with Crippen molar-refractivity contribution >= 4 is 5.97 Å². The lowest BCUT2D eigenvalue weighted by molar-refractivity contribution is -0.147. The highest BCUT2D eigenvalue weighted by atomic mass is 16.5. The Kier molecular flexibility index (Phi) is 23.0. The van der Waals surface area contributed by atoms with Gasteiger partial charge < -0.3 is 9.84 Å². The van der Waals surface area contributed by atoms with Crippen LogP contribution in [0.1, 0.15) is 111 Å². The van der Waals surface area contributed by atoms with Crippen molar-refractivity contribution in [2.45, 2.75) is 117 Å². The number of esters is 1. The summed E-state index contributed by atoms with van der Waals surface area (Å²) < 4.78 is 5.10. The van der Waals surface area contributed by atoms with E-state index in [1.54, 1.807) is 0 Å². The van der Waals surface area contributed by atoms with E-state index in [0.717, 1.165) is 12.8 Å². The average molecular weight is 331 g/mol. The van der Waals surface area contributed by atoms with Gasteiger partial charge in [0.15, 0.2) is 0 Å². The van der Waals surface area contributed by atoms with Crippen molar-refractivity contribution in [3.05, 3.63) is 0 Å². The van der Waals surface area contributed by atoms with Crippen LogP contribution in [-0.2, 0) is 9.53 Å². The first-order valence-electron chi connectivity index (χ1n) is 9.88. The average Bonchev–Trinajstić information content (AvgIpc) is 2.52. The third kappa shape index (κ3) is 26.6. The van der Waals surface area contributed by atoms with Crippen LogP contribution in [0.2, 0.25) is 0 Å². The minimum atomic E-state index is -0.0362. The Bertz CT molecular complexity index is 225. The van der Waals surface area contributed by atoms with Crippen molar-refractivity contribution in [3.63, 3.8) is 0 Å². The molecule has 3 heteroatoms. The number of aliphatic hydroxyl groups excluding tert-OH is 1. The summed E-state index contributed by atoms with van der Waals surface area (Å²) >= 11 is 0. The van der Waals surface area contributed by atoms with Crippen molar-refractivity contribution < 1.29 is 14.6 Å². The number of carbonyl (C=O) groups excluding carboxylic acids is 1. The van der Waals surface area contributed by atoms with Crippen LogP contribution in [0.25, 0.3) is 0 Å². The fraction of sp³-hybridized carbons (Fsp3) is 0.950. The molecule has 0 aromatic carbocycles. The van der Waals surface area contributed by atoms with E-state index in [-0.39, 0.29) is 12.1 Å². The van der Waals surface area contributed by atoms with E-state index in [0.29, 0.717) is 13.0 Å². The standard InChI is InChI=1S/C17H34O2.C3H8O/c1-4-5-6-7-8-9-10-11-12-13-14-15-17(18)19-16(2)3;1-2-3-4/h16H,4-15H2,1-3H3;4H,2-3H2,1H3. The van der Waals surface area contributed by atoms with E-state index < -0.39 is 0 Å². The first-order valence-corrected chi connectivity index (χ1v) is 9.88. The van der Waals surface area contributed by atoms with E-state index in [4.69, 9.17) is 9.84 Å². The van der Waals surface area contributed by atoms with Crippen molar-refractivity contribution in [1.29, 1.82) is 0 Å². The minimum absolute atomic E-state index is 0.0280. The van der Waals surface area contributed by atoms with Crippen LogP contribution in [0.5, 0.6) is 0 Å². The van der Waals surface area contributed by atoms with Gasteiger partial charge in [0.1, 0.15) is 0 Å². The van der Waals surface area contributed by atoms with Gasteiger partial charge in [-0.1, -0.05) is 78.1 Å². The Labute approximate surface area is 145 Å². The molecule has 0 rings (SSSR count). The molecule has 0 radical (unpaired) electrons. The van der Waals surface area contributed by atoms with Gasteiger partial charge >= 0.3 is 5.97 Å². The molecule has 3 nitrogen and oxygen atoms in total. The Balaban J connectivity index is 0. The van der Waals surface area contributed by atoms with Crippen LogP contribution in [0, 0.1) is 0 Å². The Morgan fingerprint density at radius 2 is 1.17 bits per heavy atom. The quantitative estimate of drug-likeness (QED) is 0.312. The number of hydrogen-bond donors (Lipinski definition) is 1. The van der Waals surface area contributed by atoms with Gasteiger partial charge in [-0.15, -0.1) is 0 Å². The summed E-state index contributed by atoms with van der Waals surface area (Å²) in [6.45, 7) is 8.31. The topological polar surface area (TPSA) is 46.5 Å². The molecule has 0 aliphatic rings. The number of carbonyl (C=O) groups is 1. The summed E-state index contributed by atoms with van der Waals surface area (Å²) in [5, 5.41) is 7.88. The molecule has 0 spiro atoms. The SMILES string of the molecule is CCCCCCCCCCCCCC(=O)OC(C)C.CCCO. The van der Waals surface area contributed by atoms with Gasteiger partial charge in [-0.2, -0.15) is 0 Å². The zero-order valence-corrected chi connectivity index (χ0v) is 16.2. The molecule has 0 fully saturated rings. The second-order valence-corrected chi connectivity index (χ2v) is 6.55. The largest absolute Gasteiger partial charge is 0.463 e. The smallest absolute Gasteiger partial charge is 0.306 e. The first-order chi connectivity index (χ1) is 11.1. The lowest BCUT2D eigenvalue weighted by Crippen LogP contribution is -2.10. The summed E-state index contributed by atoms with van der Waals surface area (Å²) in [4.78, 5) is 11.3. The lowest BCUT2D eigenvalue weighted by atomic mass is 10.1. The van der Waals surface area contributed by atoms with Crippen LogP contribution in [-0.4, -0.2) is 23.8 Å². The fourth-order valence-electron chi connectivity index (χ4n) is 2.26. The van der Waals surface area contributed by atoms with E-state index >= 15 is 0 Å². The van der Waals surface area contributed by atoms with E-state index in [1.165, 1.54) is 64.2 Å². The molecule has 1 N–H and O–H groups in total. The monoisotopic (exact) mass is 330 g/mol. The van der Waals surface area contributed by atoms with E-state index in [1.807, 2.05) is 20.8 Å². The molecular weight excluding hydrogens is 288 g/mol. The first kappa shape index (κ1) is 24.7. The predicted octanol–water partition coefficient (Wildman–Crippen LogP) is 6.03. The molecule has 140 valence electrons. The Morgan fingerprint density at radius 3 is 1.52 bits per heavy atom. The molecule has 0 bridgehead atoms. The van der Waals surface area contributed by atoms with Gasteiger partial charge in [0.05, 0.1) is 6.10 Å². The molecule has 23 heavy (non-hydrogen) atoms. The normalized spacial score (nSPS) is 10.3. The summed E-state index contributed by atoms with van der Waals surface area (Å²) in [6, 6.07) is 0. The number of unbranched alkanes of at least 4 members (excludes halogenated alkanes) is 10. The Hall–Kier alpha value is -0.570. The number of hydrogen-bond acceptors (Lipinski definition) is 3. The predicted molar refractivity (Wildman–Crippen MR) is 99.7 cm³/mol. The molecule has 0 aliphatic carbocycles. The van der Waals surface area contributed by atoms with Crippen LogP contribution >= 0.6 is 0 Å². The molecule has 0 saturated heterocycles. The third-order valence-corrected chi connectivity index (χ3v) is 3.58. The highest BCUT2D eigenvalue weighted by Gasteiger charge is 2.04. The number of rotatable bonds is 14. The number of aliphatic hydroxyl groups is 1. The van der Waals surface area contributed by atoms with Crippen LogP contribution in [0.15, 0.2) is 0 Å². The van der Waals surface area contributed by atoms with Crippen molar-refractivity contribution in [1.82, 2.24) is 0 Å². The summed E-state index contributed by atoms with van der Waals surface area (Å²) in [6.07, 6.45) is 16.0. The van der Waals surface area contributed by atoms with Crippen molar-refractivity contribution in [2.24, 2.45) is 0 Å². The van der Waals surface area contributed by atoms with E-state index in [2.05, 4.69) is 6.92 Å². The third-order valence-electron chi connectivity index (χ3n) is 3.58. The molecule has 0 aromatic rings. The maximum absolute atomic E-state index is 11.3. The maximum atomic E-state index is 11.3. The molecular formula is C20H42O3. The molecule has 0 atom stereocenters. The van der Waals surface area contributed by atoms with Crippen LogP contribution in [0.4, 0.5) is 0 Å². The van der Waals surface area contributed by atoms with Gasteiger partial charge in [0.2, 0.25) is 0 Å². The second-order valence-electron chi connectivity index (χ2n) is 6.55. The van der Waals surface area contributed by atoms with E-state index in [9.17, 15) is 4.79 Å². The molecule has 0 saturated carbocycles. The fourth-order valence-corrected chi connectivity index (χ4v) is 2.26. The van der Waals surface area contributed by atoms with Gasteiger partial charge in [0, 0.05) is 13.0 Å². The molecule has 0 unspecified atom stereocenters. The zero-order valence-electron chi connectivity index (χ0n) is 16.2. The lowest BCUT2D eigenvalue weighted by Gasteiger charge is -2.07. The molecule has 0 aromatic heterocycles. The van der Waals surface area contributed by atoms with Gasteiger partial charge in [-0.25, -0.2) is 0 Å². The van der Waals surface area contributed by atoms with Crippen LogP contribution < -0.4 is 0 Å². The molecule has 0 aliphatic heterocycles. The van der Waals surface area contributed by atoms with Crippen molar-refractivity contribution in [3.8, 4) is 0 Å². The van der Waals surface area contributed by atoms with Gasteiger partial charge in [-0.3, -0.25) is 4.79 Å². The highest BCUT2D eigenvalue weighted by Crippen LogP contribution is 2.12. The highest BCUT2D eigenvalue weighted by molar-refractivity contribution is 5.69. The second kappa shape index (κ2) is 21.4. The van der Waals surface area contributed by atoms with Gasteiger partial charge in [-0.05, 0) is 26.7 Å². The maximum Gasteiger partial charge on any atom is 0.306 e. The molecule has 0 heterocycles. The zero-order chi connectivity index (χ0) is 17.8. The minimum Gasteiger partial charge on any atom is -0.463 e. The summed E-state index contributed by atoms with van der Waals surface area (Å²) in [7, 11) is 0. The van der Waals surface area contributed by atoms with Crippen molar-refractivity contribution in [2.75, 3.05) is 6.61 Å². The summed E-state index contributed by atoms with van der Waals surface area (Å²) in [5.41, 5.74) is 0. The molecule has 0 amide bonds. The van der Waals surface area contributed by atoms with Crippen LogP contribution in [0.3, 0.4) is 0 Å². The van der Waals surface area contributed by atoms with Gasteiger partial charge in [0.25, 0.3) is 0 Å².